The van der Waals surface area contributed by atoms with Crippen molar-refractivity contribution in [3.05, 3.63) is 53.7 Å². The molecule has 6 nitrogen and oxygen atoms in total. The number of carbonyl (C=O) groups excluding carboxylic acids is 1. The number of nitrogens with zero attached hydrogens (tertiary/aromatic N) is 3. The summed E-state index contributed by atoms with van der Waals surface area (Å²) in [5, 5.41) is 0. The summed E-state index contributed by atoms with van der Waals surface area (Å²) in [6, 6.07) is 12.3. The summed E-state index contributed by atoms with van der Waals surface area (Å²) in [6.07, 6.45) is 5.44. The molecule has 2 saturated heterocycles. The SMILES string of the molecule is COc1ccc(C2(C(=O)N3CCC[C@@H](c4ccnc(N(C)C)c4)C3)CCOCC2)cc1. The van der Waals surface area contributed by atoms with Crippen LogP contribution in [0.5, 0.6) is 5.75 Å². The molecule has 0 aliphatic carbocycles. The first-order valence-electron chi connectivity index (χ1n) is 11.2. The van der Waals surface area contributed by atoms with Gasteiger partial charge in [0, 0.05) is 52.5 Å². The van der Waals surface area contributed by atoms with Crippen LogP contribution in [0.4, 0.5) is 5.82 Å². The number of benzene rings is 1. The molecular weight excluding hydrogens is 390 g/mol. The van der Waals surface area contributed by atoms with Crippen LogP contribution in [0, 0.1) is 0 Å². The number of amides is 1. The third-order valence-corrected chi connectivity index (χ3v) is 6.81. The Kier molecular flexibility index (Phi) is 6.46. The molecule has 2 aliphatic rings. The average molecular weight is 424 g/mol. The number of rotatable bonds is 5. The summed E-state index contributed by atoms with van der Waals surface area (Å²) in [7, 11) is 5.68. The molecule has 1 amide bonds. The van der Waals surface area contributed by atoms with Crippen LogP contribution in [0.1, 0.15) is 42.7 Å². The zero-order chi connectivity index (χ0) is 21.8. The normalized spacial score (nSPS) is 20.9. The maximum absolute atomic E-state index is 14.0. The van der Waals surface area contributed by atoms with E-state index in [-0.39, 0.29) is 5.91 Å². The molecule has 4 rings (SSSR count). The predicted octanol–water partition coefficient (Wildman–Crippen LogP) is 3.61. The number of likely N-dealkylation sites (tertiary alicyclic amines) is 1. The van der Waals surface area contributed by atoms with Gasteiger partial charge in [0.15, 0.2) is 0 Å². The Bertz CT molecular complexity index is 891. The fourth-order valence-corrected chi connectivity index (χ4v) is 4.92. The second kappa shape index (κ2) is 9.27. The van der Waals surface area contributed by atoms with Crippen molar-refractivity contribution in [1.29, 1.82) is 0 Å². The number of methoxy groups -OCH3 is 1. The van der Waals surface area contributed by atoms with Crippen molar-refractivity contribution >= 4 is 11.7 Å². The zero-order valence-electron chi connectivity index (χ0n) is 18.8. The van der Waals surface area contributed by atoms with Crippen LogP contribution in [0.25, 0.3) is 0 Å². The van der Waals surface area contributed by atoms with Gasteiger partial charge in [-0.15, -0.1) is 0 Å². The second-order valence-electron chi connectivity index (χ2n) is 8.86. The molecule has 2 fully saturated rings. The summed E-state index contributed by atoms with van der Waals surface area (Å²) in [5.74, 6) is 2.35. The zero-order valence-corrected chi connectivity index (χ0v) is 18.8. The third kappa shape index (κ3) is 4.40. The third-order valence-electron chi connectivity index (χ3n) is 6.81. The van der Waals surface area contributed by atoms with E-state index in [1.807, 2.05) is 37.3 Å². The molecule has 3 heterocycles. The first kappa shape index (κ1) is 21.6. The molecule has 2 aromatic rings. The highest BCUT2D eigenvalue weighted by Crippen LogP contribution is 2.39. The maximum atomic E-state index is 14.0. The fourth-order valence-electron chi connectivity index (χ4n) is 4.92. The molecule has 0 N–H and O–H groups in total. The van der Waals surface area contributed by atoms with Crippen LogP contribution in [0.2, 0.25) is 0 Å². The standard InChI is InChI=1S/C25H33N3O3/c1-27(2)23-17-19(10-13-26-23)20-5-4-14-28(18-20)24(29)25(11-15-31-16-12-25)21-6-8-22(30-3)9-7-21/h6-10,13,17,20H,4-5,11-12,14-16,18H2,1-3H3/t20-/m1/s1. The van der Waals surface area contributed by atoms with E-state index in [1.54, 1.807) is 7.11 Å². The molecule has 166 valence electrons. The molecule has 0 spiro atoms. The molecule has 2 aliphatic heterocycles. The van der Waals surface area contributed by atoms with Gasteiger partial charge in [-0.3, -0.25) is 4.79 Å². The van der Waals surface area contributed by atoms with E-state index in [0.717, 1.165) is 55.9 Å². The van der Waals surface area contributed by atoms with Crippen molar-refractivity contribution < 1.29 is 14.3 Å². The molecule has 1 atom stereocenters. The molecule has 1 aromatic carbocycles. The van der Waals surface area contributed by atoms with Crippen LogP contribution in [0.15, 0.2) is 42.6 Å². The lowest BCUT2D eigenvalue weighted by Crippen LogP contribution is -2.52. The second-order valence-corrected chi connectivity index (χ2v) is 8.86. The summed E-state index contributed by atoms with van der Waals surface area (Å²) >= 11 is 0. The first-order valence-corrected chi connectivity index (χ1v) is 11.2. The van der Waals surface area contributed by atoms with E-state index < -0.39 is 5.41 Å². The average Bonchev–Trinajstić information content (AvgIpc) is 2.84. The van der Waals surface area contributed by atoms with E-state index >= 15 is 0 Å². The number of pyridine rings is 1. The summed E-state index contributed by atoms with van der Waals surface area (Å²) in [4.78, 5) is 22.6. The van der Waals surface area contributed by atoms with Crippen LogP contribution < -0.4 is 9.64 Å². The lowest BCUT2D eigenvalue weighted by Gasteiger charge is -2.43. The highest BCUT2D eigenvalue weighted by molar-refractivity contribution is 5.88. The Morgan fingerprint density at radius 2 is 1.94 bits per heavy atom. The largest absolute Gasteiger partial charge is 0.497 e. The number of ether oxygens (including phenoxy) is 2. The quantitative estimate of drug-likeness (QED) is 0.735. The van der Waals surface area contributed by atoms with Gasteiger partial charge < -0.3 is 19.3 Å². The Labute approximate surface area is 185 Å². The van der Waals surface area contributed by atoms with E-state index in [4.69, 9.17) is 9.47 Å². The van der Waals surface area contributed by atoms with E-state index in [1.165, 1.54) is 5.56 Å². The molecule has 0 bridgehead atoms. The molecule has 6 heteroatoms. The molecule has 0 unspecified atom stereocenters. The van der Waals surface area contributed by atoms with Crippen molar-refractivity contribution in [3.8, 4) is 5.75 Å². The number of aromatic nitrogens is 1. The monoisotopic (exact) mass is 423 g/mol. The van der Waals surface area contributed by atoms with Crippen LogP contribution in [0.3, 0.4) is 0 Å². The predicted molar refractivity (Wildman–Crippen MR) is 122 cm³/mol. The number of piperidine rings is 1. The van der Waals surface area contributed by atoms with E-state index in [9.17, 15) is 4.79 Å². The van der Waals surface area contributed by atoms with Crippen molar-refractivity contribution in [3.63, 3.8) is 0 Å². The smallest absolute Gasteiger partial charge is 0.233 e. The minimum atomic E-state index is -0.514. The summed E-state index contributed by atoms with van der Waals surface area (Å²) < 4.78 is 11.0. The number of hydrogen-bond donors (Lipinski definition) is 0. The first-order chi connectivity index (χ1) is 15.0. The van der Waals surface area contributed by atoms with Crippen molar-refractivity contribution in [2.45, 2.75) is 37.0 Å². The Morgan fingerprint density at radius 1 is 1.19 bits per heavy atom. The molecule has 0 radical (unpaired) electrons. The molecule has 0 saturated carbocycles. The van der Waals surface area contributed by atoms with Gasteiger partial charge in [-0.2, -0.15) is 0 Å². The van der Waals surface area contributed by atoms with Crippen molar-refractivity contribution in [1.82, 2.24) is 9.88 Å². The highest BCUT2D eigenvalue weighted by Gasteiger charge is 2.45. The van der Waals surface area contributed by atoms with E-state index in [2.05, 4.69) is 34.1 Å². The molecule has 1 aromatic heterocycles. The highest BCUT2D eigenvalue weighted by atomic mass is 16.5. The Morgan fingerprint density at radius 3 is 2.61 bits per heavy atom. The Balaban J connectivity index is 1.59. The fraction of sp³-hybridized carbons (Fsp3) is 0.520. The van der Waals surface area contributed by atoms with Gasteiger partial charge in [0.05, 0.1) is 12.5 Å². The summed E-state index contributed by atoms with van der Waals surface area (Å²) in [6.45, 7) is 2.81. The van der Waals surface area contributed by atoms with Gasteiger partial charge in [-0.05, 0) is 61.1 Å². The lowest BCUT2D eigenvalue weighted by molar-refractivity contribution is -0.142. The topological polar surface area (TPSA) is 54.9 Å². The van der Waals surface area contributed by atoms with Crippen molar-refractivity contribution in [2.24, 2.45) is 0 Å². The van der Waals surface area contributed by atoms with Gasteiger partial charge in [0.2, 0.25) is 5.91 Å². The van der Waals surface area contributed by atoms with E-state index in [0.29, 0.717) is 19.1 Å². The maximum Gasteiger partial charge on any atom is 0.233 e. The lowest BCUT2D eigenvalue weighted by atomic mass is 9.72. The van der Waals surface area contributed by atoms with Gasteiger partial charge in [0.1, 0.15) is 11.6 Å². The minimum absolute atomic E-state index is 0.243. The van der Waals surface area contributed by atoms with Crippen LogP contribution >= 0.6 is 0 Å². The van der Waals surface area contributed by atoms with Gasteiger partial charge >= 0.3 is 0 Å². The number of anilines is 1. The number of carbonyl (C=O) groups is 1. The van der Waals surface area contributed by atoms with Gasteiger partial charge in [-0.1, -0.05) is 12.1 Å². The Hall–Kier alpha value is -2.60. The van der Waals surface area contributed by atoms with Gasteiger partial charge in [-0.25, -0.2) is 4.98 Å². The van der Waals surface area contributed by atoms with Gasteiger partial charge in [0.25, 0.3) is 0 Å². The number of hydrogen-bond acceptors (Lipinski definition) is 5. The molecular formula is C25H33N3O3. The van der Waals surface area contributed by atoms with Crippen LogP contribution in [-0.2, 0) is 14.9 Å². The minimum Gasteiger partial charge on any atom is -0.497 e. The summed E-state index contributed by atoms with van der Waals surface area (Å²) in [5.41, 5.74) is 1.82. The van der Waals surface area contributed by atoms with Crippen molar-refractivity contribution in [2.75, 3.05) is 52.4 Å². The van der Waals surface area contributed by atoms with Crippen LogP contribution in [-0.4, -0.2) is 63.3 Å². The molecule has 31 heavy (non-hydrogen) atoms.